The fourth-order valence-corrected chi connectivity index (χ4v) is 3.55. The summed E-state index contributed by atoms with van der Waals surface area (Å²) in [6.45, 7) is 4.46. The molecule has 0 saturated carbocycles. The number of carbonyl (C=O) groups excluding carboxylic acids is 2. The first-order chi connectivity index (χ1) is 11.7. The number of aryl methyl sites for hydroxylation is 1. The van der Waals surface area contributed by atoms with Gasteiger partial charge in [0.15, 0.2) is 0 Å². The molecule has 2 aliphatic heterocycles. The standard InChI is InChI=1S/C19H27N3O2.ClH/c23-18(8-4-7-16-5-2-1-3-6-16)21-11-13-22(14-12-21)19(24)17-9-10-20-15-17;/h1-3,5-6,17,20H,4,7-15H2;1H. The van der Waals surface area contributed by atoms with E-state index in [1.807, 2.05) is 28.0 Å². The Bertz CT molecular complexity index is 553. The third-order valence-electron chi connectivity index (χ3n) is 5.05. The van der Waals surface area contributed by atoms with Gasteiger partial charge in [0.05, 0.1) is 5.92 Å². The van der Waals surface area contributed by atoms with E-state index in [2.05, 4.69) is 17.4 Å². The number of halogens is 1. The minimum atomic E-state index is 0. The molecule has 3 rings (SSSR count). The second-order valence-electron chi connectivity index (χ2n) is 6.73. The van der Waals surface area contributed by atoms with E-state index in [-0.39, 0.29) is 30.1 Å². The van der Waals surface area contributed by atoms with Crippen molar-refractivity contribution in [2.45, 2.75) is 25.7 Å². The molecule has 0 radical (unpaired) electrons. The molecule has 2 fully saturated rings. The number of benzene rings is 1. The van der Waals surface area contributed by atoms with Crippen molar-refractivity contribution in [3.8, 4) is 0 Å². The highest BCUT2D eigenvalue weighted by atomic mass is 35.5. The van der Waals surface area contributed by atoms with Crippen LogP contribution >= 0.6 is 12.4 Å². The summed E-state index contributed by atoms with van der Waals surface area (Å²) in [6, 6.07) is 10.3. The number of piperazine rings is 1. The van der Waals surface area contributed by atoms with E-state index in [0.29, 0.717) is 32.6 Å². The molecule has 2 amide bonds. The summed E-state index contributed by atoms with van der Waals surface area (Å²) < 4.78 is 0. The van der Waals surface area contributed by atoms with Crippen LogP contribution in [0.5, 0.6) is 0 Å². The summed E-state index contributed by atoms with van der Waals surface area (Å²) in [5.74, 6) is 0.620. The molecule has 25 heavy (non-hydrogen) atoms. The number of hydrogen-bond acceptors (Lipinski definition) is 3. The van der Waals surface area contributed by atoms with Gasteiger partial charge in [0.2, 0.25) is 11.8 Å². The van der Waals surface area contributed by atoms with Crippen LogP contribution in [0.1, 0.15) is 24.8 Å². The maximum absolute atomic E-state index is 12.4. The van der Waals surface area contributed by atoms with Gasteiger partial charge in [-0.3, -0.25) is 9.59 Å². The molecule has 6 heteroatoms. The Kier molecular flexibility index (Phi) is 7.72. The SMILES string of the molecule is Cl.O=C(CCCc1ccccc1)N1CCN(C(=O)C2CCNC2)CC1. The zero-order chi connectivity index (χ0) is 16.8. The maximum atomic E-state index is 12.4. The van der Waals surface area contributed by atoms with Crippen LogP contribution in [0, 0.1) is 5.92 Å². The van der Waals surface area contributed by atoms with Gasteiger partial charge in [0.1, 0.15) is 0 Å². The fourth-order valence-electron chi connectivity index (χ4n) is 3.55. The van der Waals surface area contributed by atoms with Crippen molar-refractivity contribution < 1.29 is 9.59 Å². The van der Waals surface area contributed by atoms with Crippen molar-refractivity contribution in [2.24, 2.45) is 5.92 Å². The van der Waals surface area contributed by atoms with E-state index in [0.717, 1.165) is 32.4 Å². The zero-order valence-corrected chi connectivity index (χ0v) is 15.5. The molecule has 1 aromatic carbocycles. The third-order valence-corrected chi connectivity index (χ3v) is 5.05. The molecule has 0 aliphatic carbocycles. The van der Waals surface area contributed by atoms with Crippen molar-refractivity contribution in [1.29, 1.82) is 0 Å². The van der Waals surface area contributed by atoms with E-state index in [1.165, 1.54) is 5.56 Å². The first-order valence-corrected chi connectivity index (χ1v) is 9.05. The molecule has 1 atom stereocenters. The van der Waals surface area contributed by atoms with Gasteiger partial charge in [-0.2, -0.15) is 0 Å². The minimum absolute atomic E-state index is 0. The molecule has 2 heterocycles. The molecule has 0 spiro atoms. The van der Waals surface area contributed by atoms with Crippen molar-refractivity contribution in [3.63, 3.8) is 0 Å². The number of carbonyl (C=O) groups is 2. The van der Waals surface area contributed by atoms with Crippen LogP contribution in [0.3, 0.4) is 0 Å². The summed E-state index contributed by atoms with van der Waals surface area (Å²) in [5.41, 5.74) is 1.28. The third kappa shape index (κ3) is 5.44. The summed E-state index contributed by atoms with van der Waals surface area (Å²) in [6.07, 6.45) is 3.36. The lowest BCUT2D eigenvalue weighted by Crippen LogP contribution is -2.52. The number of nitrogens with one attached hydrogen (secondary N) is 1. The van der Waals surface area contributed by atoms with Gasteiger partial charge in [-0.1, -0.05) is 30.3 Å². The van der Waals surface area contributed by atoms with Crippen molar-refractivity contribution in [2.75, 3.05) is 39.3 Å². The van der Waals surface area contributed by atoms with Gasteiger partial charge in [0.25, 0.3) is 0 Å². The average molecular weight is 366 g/mol. The number of nitrogens with zero attached hydrogens (tertiary/aromatic N) is 2. The molecular formula is C19H28ClN3O2. The molecule has 5 nitrogen and oxygen atoms in total. The summed E-state index contributed by atoms with van der Waals surface area (Å²) >= 11 is 0. The molecular weight excluding hydrogens is 338 g/mol. The second-order valence-corrected chi connectivity index (χ2v) is 6.73. The molecule has 2 aliphatic rings. The van der Waals surface area contributed by atoms with Gasteiger partial charge >= 0.3 is 0 Å². The van der Waals surface area contributed by atoms with Crippen molar-refractivity contribution in [3.05, 3.63) is 35.9 Å². The van der Waals surface area contributed by atoms with Gasteiger partial charge in [-0.15, -0.1) is 12.4 Å². The highest BCUT2D eigenvalue weighted by Crippen LogP contribution is 2.14. The van der Waals surface area contributed by atoms with Gasteiger partial charge in [0, 0.05) is 39.1 Å². The summed E-state index contributed by atoms with van der Waals surface area (Å²) in [5, 5.41) is 3.24. The minimum Gasteiger partial charge on any atom is -0.339 e. The normalized spacial score (nSPS) is 20.2. The Balaban J connectivity index is 0.00000225. The van der Waals surface area contributed by atoms with Gasteiger partial charge < -0.3 is 15.1 Å². The van der Waals surface area contributed by atoms with Crippen LogP contribution in [0.15, 0.2) is 30.3 Å². The largest absolute Gasteiger partial charge is 0.339 e. The Labute approximate surface area is 156 Å². The van der Waals surface area contributed by atoms with Crippen LogP contribution in [-0.2, 0) is 16.0 Å². The lowest BCUT2D eigenvalue weighted by Gasteiger charge is -2.36. The number of hydrogen-bond donors (Lipinski definition) is 1. The van der Waals surface area contributed by atoms with E-state index in [1.54, 1.807) is 0 Å². The molecule has 2 saturated heterocycles. The predicted molar refractivity (Wildman–Crippen MR) is 101 cm³/mol. The lowest BCUT2D eigenvalue weighted by molar-refractivity contribution is -0.141. The molecule has 1 aromatic rings. The zero-order valence-electron chi connectivity index (χ0n) is 14.7. The lowest BCUT2D eigenvalue weighted by atomic mass is 10.1. The number of rotatable bonds is 5. The average Bonchev–Trinajstić information content (AvgIpc) is 3.17. The molecule has 0 aromatic heterocycles. The van der Waals surface area contributed by atoms with Crippen molar-refractivity contribution >= 4 is 24.2 Å². The second kappa shape index (κ2) is 9.78. The van der Waals surface area contributed by atoms with Crippen LogP contribution in [0.25, 0.3) is 0 Å². The predicted octanol–water partition coefficient (Wildman–Crippen LogP) is 1.71. The molecule has 0 bridgehead atoms. The quantitative estimate of drug-likeness (QED) is 0.864. The van der Waals surface area contributed by atoms with Gasteiger partial charge in [-0.05, 0) is 31.4 Å². The Hall–Kier alpha value is -1.59. The molecule has 138 valence electrons. The molecule has 1 N–H and O–H groups in total. The van der Waals surface area contributed by atoms with E-state index < -0.39 is 0 Å². The van der Waals surface area contributed by atoms with Gasteiger partial charge in [-0.25, -0.2) is 0 Å². The van der Waals surface area contributed by atoms with E-state index >= 15 is 0 Å². The van der Waals surface area contributed by atoms with E-state index in [9.17, 15) is 9.59 Å². The summed E-state index contributed by atoms with van der Waals surface area (Å²) in [7, 11) is 0. The smallest absolute Gasteiger partial charge is 0.227 e. The number of amides is 2. The van der Waals surface area contributed by atoms with Crippen LogP contribution in [-0.4, -0.2) is 60.9 Å². The topological polar surface area (TPSA) is 52.7 Å². The van der Waals surface area contributed by atoms with Crippen LogP contribution in [0.2, 0.25) is 0 Å². The first-order valence-electron chi connectivity index (χ1n) is 9.05. The Morgan fingerprint density at radius 1 is 1.04 bits per heavy atom. The summed E-state index contributed by atoms with van der Waals surface area (Å²) in [4.78, 5) is 28.6. The fraction of sp³-hybridized carbons (Fsp3) is 0.579. The van der Waals surface area contributed by atoms with Crippen LogP contribution in [0.4, 0.5) is 0 Å². The van der Waals surface area contributed by atoms with E-state index in [4.69, 9.17) is 0 Å². The maximum Gasteiger partial charge on any atom is 0.227 e. The van der Waals surface area contributed by atoms with Crippen molar-refractivity contribution in [1.82, 2.24) is 15.1 Å². The molecule has 1 unspecified atom stereocenters. The highest BCUT2D eigenvalue weighted by Gasteiger charge is 2.30. The monoisotopic (exact) mass is 365 g/mol. The van der Waals surface area contributed by atoms with Crippen LogP contribution < -0.4 is 5.32 Å². The Morgan fingerprint density at radius 2 is 1.72 bits per heavy atom. The highest BCUT2D eigenvalue weighted by molar-refractivity contribution is 5.85. The first kappa shape index (κ1) is 19.7. The Morgan fingerprint density at radius 3 is 2.36 bits per heavy atom.